The van der Waals surface area contributed by atoms with Gasteiger partial charge in [-0.15, -0.1) is 11.3 Å². The number of hydrogen-bond donors (Lipinski definition) is 1. The van der Waals surface area contributed by atoms with Crippen LogP contribution in [-0.2, 0) is 4.79 Å². The lowest BCUT2D eigenvalue weighted by molar-refractivity contribution is -0.112. The number of carbonyl (C=O) groups is 2. The van der Waals surface area contributed by atoms with Gasteiger partial charge in [-0.3, -0.25) is 9.59 Å². The van der Waals surface area contributed by atoms with Gasteiger partial charge in [0.2, 0.25) is 0 Å². The van der Waals surface area contributed by atoms with Crippen molar-refractivity contribution >= 4 is 28.7 Å². The highest BCUT2D eigenvalue weighted by molar-refractivity contribution is 7.13. The molecule has 2 rings (SSSR count). The van der Waals surface area contributed by atoms with Gasteiger partial charge in [0.25, 0.3) is 11.7 Å². The van der Waals surface area contributed by atoms with Crippen LogP contribution in [0.25, 0.3) is 0 Å². The molecule has 4 heteroatoms. The van der Waals surface area contributed by atoms with Gasteiger partial charge in [0, 0.05) is 5.69 Å². The van der Waals surface area contributed by atoms with Crippen molar-refractivity contribution in [3.05, 3.63) is 52.2 Å². The van der Waals surface area contributed by atoms with E-state index in [9.17, 15) is 9.59 Å². The normalized spacial score (nSPS) is 9.94. The molecule has 0 aliphatic rings. The average Bonchev–Trinajstić information content (AvgIpc) is 2.84. The Morgan fingerprint density at radius 1 is 1.12 bits per heavy atom. The highest BCUT2D eigenvalue weighted by Crippen LogP contribution is 2.15. The number of ketones is 1. The molecule has 1 aromatic carbocycles. The summed E-state index contributed by atoms with van der Waals surface area (Å²) in [5.41, 5.74) is 1.60. The van der Waals surface area contributed by atoms with Crippen LogP contribution in [0.5, 0.6) is 0 Å². The molecule has 0 aliphatic heterocycles. The molecule has 17 heavy (non-hydrogen) atoms. The van der Waals surface area contributed by atoms with Crippen LogP contribution in [0.15, 0.2) is 41.8 Å². The van der Waals surface area contributed by atoms with Gasteiger partial charge in [0.1, 0.15) is 0 Å². The SMILES string of the molecule is Cc1ccccc1NC(=O)C(=O)c1cccs1. The van der Waals surface area contributed by atoms with Crippen molar-refractivity contribution in [1.82, 2.24) is 0 Å². The van der Waals surface area contributed by atoms with Crippen molar-refractivity contribution in [2.75, 3.05) is 5.32 Å². The molecule has 1 aromatic heterocycles. The molecule has 1 N–H and O–H groups in total. The second-order valence-electron chi connectivity index (χ2n) is 3.58. The van der Waals surface area contributed by atoms with Crippen molar-refractivity contribution in [2.24, 2.45) is 0 Å². The fourth-order valence-corrected chi connectivity index (χ4v) is 2.07. The Kier molecular flexibility index (Phi) is 3.35. The van der Waals surface area contributed by atoms with Crippen molar-refractivity contribution in [3.8, 4) is 0 Å². The van der Waals surface area contributed by atoms with Crippen LogP contribution in [0.1, 0.15) is 15.2 Å². The highest BCUT2D eigenvalue weighted by Gasteiger charge is 2.17. The molecule has 0 aliphatic carbocycles. The predicted octanol–water partition coefficient (Wildman–Crippen LogP) is 2.88. The van der Waals surface area contributed by atoms with Gasteiger partial charge >= 0.3 is 0 Å². The Morgan fingerprint density at radius 2 is 1.88 bits per heavy atom. The van der Waals surface area contributed by atoms with Crippen molar-refractivity contribution in [1.29, 1.82) is 0 Å². The summed E-state index contributed by atoms with van der Waals surface area (Å²) in [6.07, 6.45) is 0. The number of rotatable bonds is 3. The summed E-state index contributed by atoms with van der Waals surface area (Å²) < 4.78 is 0. The minimum Gasteiger partial charge on any atom is -0.319 e. The van der Waals surface area contributed by atoms with Crippen molar-refractivity contribution < 1.29 is 9.59 Å². The Labute approximate surface area is 103 Å². The van der Waals surface area contributed by atoms with E-state index in [2.05, 4.69) is 5.32 Å². The van der Waals surface area contributed by atoms with Gasteiger partial charge in [-0.05, 0) is 30.0 Å². The maximum Gasteiger partial charge on any atom is 0.297 e. The summed E-state index contributed by atoms with van der Waals surface area (Å²) in [5.74, 6) is -1.09. The summed E-state index contributed by atoms with van der Waals surface area (Å²) in [5, 5.41) is 4.39. The first-order valence-corrected chi connectivity index (χ1v) is 6.01. The lowest BCUT2D eigenvalue weighted by Crippen LogP contribution is -2.22. The fourth-order valence-electron chi connectivity index (χ4n) is 1.41. The molecule has 1 amide bonds. The molecule has 0 bridgehead atoms. The Bertz CT molecular complexity index is 546. The monoisotopic (exact) mass is 245 g/mol. The molecule has 0 spiro atoms. The molecule has 86 valence electrons. The smallest absolute Gasteiger partial charge is 0.297 e. The zero-order valence-electron chi connectivity index (χ0n) is 9.27. The third kappa shape index (κ3) is 2.60. The van der Waals surface area contributed by atoms with Crippen molar-refractivity contribution in [2.45, 2.75) is 6.92 Å². The number of para-hydroxylation sites is 1. The summed E-state index contributed by atoms with van der Waals surface area (Å²) in [6.45, 7) is 1.88. The fraction of sp³-hybridized carbons (Fsp3) is 0.0769. The number of amides is 1. The second kappa shape index (κ2) is 4.93. The molecule has 0 unspecified atom stereocenters. The van der Waals surface area contributed by atoms with Gasteiger partial charge in [0.05, 0.1) is 4.88 Å². The summed E-state index contributed by atoms with van der Waals surface area (Å²) >= 11 is 1.26. The Balaban J connectivity index is 2.13. The van der Waals surface area contributed by atoms with Gasteiger partial charge in [-0.1, -0.05) is 24.3 Å². The minimum absolute atomic E-state index is 0.455. The molecule has 0 atom stereocenters. The Hall–Kier alpha value is -1.94. The molecular weight excluding hydrogens is 234 g/mol. The van der Waals surface area contributed by atoms with Crippen LogP contribution in [0, 0.1) is 6.92 Å². The highest BCUT2D eigenvalue weighted by atomic mass is 32.1. The molecule has 2 aromatic rings. The third-order valence-electron chi connectivity index (χ3n) is 2.34. The number of hydrogen-bond acceptors (Lipinski definition) is 3. The summed E-state index contributed by atoms with van der Waals surface area (Å²) in [7, 11) is 0. The first-order valence-electron chi connectivity index (χ1n) is 5.13. The van der Waals surface area contributed by atoms with Crippen LogP contribution in [0.4, 0.5) is 5.69 Å². The number of thiophene rings is 1. The average molecular weight is 245 g/mol. The zero-order valence-corrected chi connectivity index (χ0v) is 10.1. The van der Waals surface area contributed by atoms with Crippen LogP contribution in [0.3, 0.4) is 0 Å². The van der Waals surface area contributed by atoms with E-state index in [1.807, 2.05) is 25.1 Å². The molecule has 0 saturated heterocycles. The summed E-state index contributed by atoms with van der Waals surface area (Å²) in [4.78, 5) is 23.9. The first kappa shape index (κ1) is 11.5. The van der Waals surface area contributed by atoms with Gasteiger partial charge in [0.15, 0.2) is 0 Å². The van der Waals surface area contributed by atoms with Crippen LogP contribution >= 0.6 is 11.3 Å². The first-order chi connectivity index (χ1) is 8.18. The van der Waals surface area contributed by atoms with Crippen LogP contribution in [-0.4, -0.2) is 11.7 Å². The molecule has 3 nitrogen and oxygen atoms in total. The van der Waals surface area contributed by atoms with Gasteiger partial charge in [-0.25, -0.2) is 0 Å². The van der Waals surface area contributed by atoms with Gasteiger partial charge in [-0.2, -0.15) is 0 Å². The quantitative estimate of drug-likeness (QED) is 0.667. The van der Waals surface area contributed by atoms with E-state index >= 15 is 0 Å². The lowest BCUT2D eigenvalue weighted by atomic mass is 10.2. The lowest BCUT2D eigenvalue weighted by Gasteiger charge is -2.06. The number of Topliss-reactive ketones (excluding diaryl/α,β-unsaturated/α-hetero) is 1. The number of benzene rings is 1. The van der Waals surface area contributed by atoms with E-state index in [0.717, 1.165) is 5.56 Å². The molecule has 0 radical (unpaired) electrons. The van der Waals surface area contributed by atoms with E-state index in [1.165, 1.54) is 11.3 Å². The second-order valence-corrected chi connectivity index (χ2v) is 4.52. The number of anilines is 1. The van der Waals surface area contributed by atoms with E-state index < -0.39 is 11.7 Å². The maximum absolute atomic E-state index is 11.7. The van der Waals surface area contributed by atoms with Crippen molar-refractivity contribution in [3.63, 3.8) is 0 Å². The maximum atomic E-state index is 11.7. The summed E-state index contributed by atoms with van der Waals surface area (Å²) in [6, 6.07) is 10.7. The van der Waals surface area contributed by atoms with Gasteiger partial charge < -0.3 is 5.32 Å². The van der Waals surface area contributed by atoms with E-state index in [-0.39, 0.29) is 0 Å². The predicted molar refractivity (Wildman–Crippen MR) is 68.5 cm³/mol. The van der Waals surface area contributed by atoms with E-state index in [0.29, 0.717) is 10.6 Å². The largest absolute Gasteiger partial charge is 0.319 e. The zero-order chi connectivity index (χ0) is 12.3. The van der Waals surface area contributed by atoms with Crippen LogP contribution < -0.4 is 5.32 Å². The molecular formula is C13H11NO2S. The standard InChI is InChI=1S/C13H11NO2S/c1-9-5-2-3-6-10(9)14-13(16)12(15)11-7-4-8-17-11/h2-8H,1H3,(H,14,16). The molecule has 1 heterocycles. The number of carbonyl (C=O) groups excluding carboxylic acids is 2. The molecule has 0 saturated carbocycles. The van der Waals surface area contributed by atoms with Crippen LogP contribution in [0.2, 0.25) is 0 Å². The number of nitrogens with one attached hydrogen (secondary N) is 1. The number of aryl methyl sites for hydroxylation is 1. The van der Waals surface area contributed by atoms with E-state index in [4.69, 9.17) is 0 Å². The molecule has 0 fully saturated rings. The minimum atomic E-state index is -0.596. The third-order valence-corrected chi connectivity index (χ3v) is 3.21. The topological polar surface area (TPSA) is 46.2 Å². The Morgan fingerprint density at radius 3 is 2.53 bits per heavy atom. The van der Waals surface area contributed by atoms with E-state index in [1.54, 1.807) is 23.6 Å².